The molecule has 15 heavy (non-hydrogen) atoms. The first-order chi connectivity index (χ1) is 6.90. The first-order valence-electron chi connectivity index (χ1n) is 5.81. The monoisotopic (exact) mass is 221 g/mol. The van der Waals surface area contributed by atoms with Crippen LogP contribution in [-0.4, -0.2) is 8.07 Å². The van der Waals surface area contributed by atoms with Crippen molar-refractivity contribution >= 4 is 18.9 Å². The molecule has 0 saturated carbocycles. The number of anilines is 1. The van der Waals surface area contributed by atoms with Gasteiger partial charge in [0.15, 0.2) is 0 Å². The summed E-state index contributed by atoms with van der Waals surface area (Å²) < 4.78 is 0. The molecule has 1 aromatic rings. The van der Waals surface area contributed by atoms with Crippen molar-refractivity contribution in [2.75, 3.05) is 5.73 Å². The molecule has 1 rings (SSSR count). The van der Waals surface area contributed by atoms with Crippen molar-refractivity contribution < 1.29 is 0 Å². The van der Waals surface area contributed by atoms with Crippen molar-refractivity contribution in [3.05, 3.63) is 23.3 Å². The zero-order valence-corrected chi connectivity index (χ0v) is 11.6. The van der Waals surface area contributed by atoms with Crippen molar-refractivity contribution in [2.24, 2.45) is 0 Å². The van der Waals surface area contributed by atoms with Gasteiger partial charge in [0.1, 0.15) is 0 Å². The average Bonchev–Trinajstić information content (AvgIpc) is 2.16. The van der Waals surface area contributed by atoms with Crippen LogP contribution in [-0.2, 0) is 12.8 Å². The first-order valence-corrected chi connectivity index (χ1v) is 9.31. The molecule has 0 radical (unpaired) electrons. The first kappa shape index (κ1) is 12.3. The second kappa shape index (κ2) is 4.39. The third-order valence-corrected chi connectivity index (χ3v) is 5.00. The van der Waals surface area contributed by atoms with Gasteiger partial charge in [-0.15, -0.1) is 0 Å². The Labute approximate surface area is 94.7 Å². The van der Waals surface area contributed by atoms with Gasteiger partial charge in [-0.1, -0.05) is 50.8 Å². The third kappa shape index (κ3) is 2.62. The number of nitrogen functional groups attached to an aromatic ring is 1. The van der Waals surface area contributed by atoms with Crippen LogP contribution in [0.3, 0.4) is 0 Å². The Balaban J connectivity index is 3.33. The molecule has 1 nitrogen and oxygen atoms in total. The van der Waals surface area contributed by atoms with E-state index in [0.717, 1.165) is 18.5 Å². The number of hydrogen-bond acceptors (Lipinski definition) is 1. The standard InChI is InChI=1S/C13H23NSi/c1-6-10-8-12(15(3,4)5)9-11(7-2)13(10)14/h8-9H,6-7,14H2,1-5H3. The van der Waals surface area contributed by atoms with Crippen LogP contribution in [0.25, 0.3) is 0 Å². The summed E-state index contributed by atoms with van der Waals surface area (Å²) in [5.41, 5.74) is 9.80. The van der Waals surface area contributed by atoms with Crippen LogP contribution in [0.5, 0.6) is 0 Å². The third-order valence-electron chi connectivity index (χ3n) is 2.98. The number of aryl methyl sites for hydroxylation is 2. The lowest BCUT2D eigenvalue weighted by atomic mass is 10.0. The van der Waals surface area contributed by atoms with Crippen molar-refractivity contribution in [2.45, 2.75) is 46.3 Å². The van der Waals surface area contributed by atoms with E-state index in [9.17, 15) is 0 Å². The number of hydrogen-bond donors (Lipinski definition) is 1. The summed E-state index contributed by atoms with van der Waals surface area (Å²) in [7, 11) is -1.21. The van der Waals surface area contributed by atoms with Gasteiger partial charge in [0.05, 0.1) is 8.07 Å². The van der Waals surface area contributed by atoms with Crippen LogP contribution in [0, 0.1) is 0 Å². The highest BCUT2D eigenvalue weighted by molar-refractivity contribution is 6.88. The summed E-state index contributed by atoms with van der Waals surface area (Å²) in [5, 5.41) is 1.53. The van der Waals surface area contributed by atoms with Crippen LogP contribution in [0.1, 0.15) is 25.0 Å². The summed E-state index contributed by atoms with van der Waals surface area (Å²) in [6, 6.07) is 4.64. The quantitative estimate of drug-likeness (QED) is 0.616. The van der Waals surface area contributed by atoms with E-state index in [1.807, 2.05) is 0 Å². The molecule has 0 heterocycles. The van der Waals surface area contributed by atoms with Crippen molar-refractivity contribution in [3.63, 3.8) is 0 Å². The van der Waals surface area contributed by atoms with E-state index in [0.29, 0.717) is 0 Å². The lowest BCUT2D eigenvalue weighted by molar-refractivity contribution is 1.10. The van der Waals surface area contributed by atoms with Gasteiger partial charge in [-0.3, -0.25) is 0 Å². The molecular formula is C13H23NSi. The van der Waals surface area contributed by atoms with E-state index in [-0.39, 0.29) is 0 Å². The molecule has 0 fully saturated rings. The molecule has 1 aromatic carbocycles. The van der Waals surface area contributed by atoms with Crippen molar-refractivity contribution in [1.29, 1.82) is 0 Å². The van der Waals surface area contributed by atoms with Gasteiger partial charge in [0.25, 0.3) is 0 Å². The largest absolute Gasteiger partial charge is 0.398 e. The Morgan fingerprint density at radius 3 is 1.67 bits per heavy atom. The molecule has 0 aliphatic rings. The molecule has 0 atom stereocenters. The van der Waals surface area contributed by atoms with E-state index >= 15 is 0 Å². The molecule has 2 heteroatoms. The van der Waals surface area contributed by atoms with Gasteiger partial charge in [-0.2, -0.15) is 0 Å². The number of rotatable bonds is 3. The van der Waals surface area contributed by atoms with Crippen LogP contribution in [0.2, 0.25) is 19.6 Å². The molecule has 0 bridgehead atoms. The molecule has 0 amide bonds. The second-order valence-corrected chi connectivity index (χ2v) is 10.2. The normalized spacial score (nSPS) is 11.8. The topological polar surface area (TPSA) is 26.0 Å². The fourth-order valence-corrected chi connectivity index (χ4v) is 3.01. The van der Waals surface area contributed by atoms with Gasteiger partial charge in [0, 0.05) is 5.69 Å². The minimum Gasteiger partial charge on any atom is -0.398 e. The molecule has 0 saturated heterocycles. The highest BCUT2D eigenvalue weighted by atomic mass is 28.3. The molecule has 84 valence electrons. The van der Waals surface area contributed by atoms with Crippen molar-refractivity contribution in [3.8, 4) is 0 Å². The predicted octanol–water partition coefficient (Wildman–Crippen LogP) is 2.94. The van der Waals surface area contributed by atoms with Crippen LogP contribution < -0.4 is 10.9 Å². The Kier molecular flexibility index (Phi) is 3.61. The van der Waals surface area contributed by atoms with Crippen LogP contribution in [0.4, 0.5) is 5.69 Å². The van der Waals surface area contributed by atoms with Gasteiger partial charge in [0.2, 0.25) is 0 Å². The zero-order valence-electron chi connectivity index (χ0n) is 10.6. The van der Waals surface area contributed by atoms with Crippen LogP contribution in [0.15, 0.2) is 12.1 Å². The molecular weight excluding hydrogens is 198 g/mol. The van der Waals surface area contributed by atoms with E-state index < -0.39 is 8.07 Å². The van der Waals surface area contributed by atoms with E-state index in [2.05, 4.69) is 45.6 Å². The smallest absolute Gasteiger partial charge is 0.0776 e. The number of nitrogens with two attached hydrogens (primary N) is 1. The fraction of sp³-hybridized carbons (Fsp3) is 0.538. The number of benzene rings is 1. The predicted molar refractivity (Wildman–Crippen MR) is 72.6 cm³/mol. The van der Waals surface area contributed by atoms with Crippen molar-refractivity contribution in [1.82, 2.24) is 0 Å². The summed E-state index contributed by atoms with van der Waals surface area (Å²) in [5.74, 6) is 0. The maximum Gasteiger partial charge on any atom is 0.0776 e. The fourth-order valence-electron chi connectivity index (χ4n) is 1.80. The Bertz CT molecular complexity index is 325. The molecule has 0 spiro atoms. The molecule has 0 unspecified atom stereocenters. The van der Waals surface area contributed by atoms with E-state index in [1.54, 1.807) is 0 Å². The SMILES string of the molecule is CCc1cc([Si](C)(C)C)cc(CC)c1N. The second-order valence-electron chi connectivity index (χ2n) is 5.17. The maximum absolute atomic E-state index is 6.13. The van der Waals surface area contributed by atoms with Gasteiger partial charge >= 0.3 is 0 Å². The van der Waals surface area contributed by atoms with E-state index in [1.165, 1.54) is 16.3 Å². The summed E-state index contributed by atoms with van der Waals surface area (Å²) in [6.07, 6.45) is 2.08. The lowest BCUT2D eigenvalue weighted by Crippen LogP contribution is -2.38. The summed E-state index contributed by atoms with van der Waals surface area (Å²) in [6.45, 7) is 11.5. The Hall–Kier alpha value is -0.763. The molecule has 0 aliphatic carbocycles. The molecule has 0 aliphatic heterocycles. The highest BCUT2D eigenvalue weighted by Crippen LogP contribution is 2.19. The van der Waals surface area contributed by atoms with Gasteiger partial charge < -0.3 is 5.73 Å². The highest BCUT2D eigenvalue weighted by Gasteiger charge is 2.18. The lowest BCUT2D eigenvalue weighted by Gasteiger charge is -2.20. The maximum atomic E-state index is 6.13. The van der Waals surface area contributed by atoms with Crippen LogP contribution >= 0.6 is 0 Å². The van der Waals surface area contributed by atoms with Gasteiger partial charge in [-0.25, -0.2) is 0 Å². The minimum absolute atomic E-state index is 1.02. The zero-order chi connectivity index (χ0) is 11.6. The molecule has 2 N–H and O–H groups in total. The molecule has 0 aromatic heterocycles. The summed E-state index contributed by atoms with van der Waals surface area (Å²) in [4.78, 5) is 0. The Morgan fingerprint density at radius 1 is 1.00 bits per heavy atom. The minimum atomic E-state index is -1.21. The van der Waals surface area contributed by atoms with E-state index in [4.69, 9.17) is 5.73 Å². The Morgan fingerprint density at radius 2 is 1.40 bits per heavy atom. The summed E-state index contributed by atoms with van der Waals surface area (Å²) >= 11 is 0. The average molecular weight is 221 g/mol. The van der Waals surface area contributed by atoms with Gasteiger partial charge in [-0.05, 0) is 24.0 Å².